The molecule has 104 valence electrons. The minimum absolute atomic E-state index is 0.0202. The molecule has 4 heteroatoms. The Balaban J connectivity index is 1.66. The average Bonchev–Trinajstić information content (AvgIpc) is 3.15. The average molecular weight is 264 g/mol. The molecule has 19 heavy (non-hydrogen) atoms. The van der Waals surface area contributed by atoms with Crippen molar-refractivity contribution in [3.05, 3.63) is 11.1 Å². The van der Waals surface area contributed by atoms with E-state index in [9.17, 15) is 4.79 Å². The molecule has 1 saturated carbocycles. The lowest BCUT2D eigenvalue weighted by Crippen LogP contribution is -2.25. The Morgan fingerprint density at radius 2 is 1.89 bits per heavy atom. The molecule has 0 bridgehead atoms. The van der Waals surface area contributed by atoms with Gasteiger partial charge in [-0.05, 0) is 39.2 Å². The van der Waals surface area contributed by atoms with E-state index in [0.717, 1.165) is 36.8 Å². The van der Waals surface area contributed by atoms with Crippen LogP contribution in [-0.2, 0) is 19.0 Å². The molecule has 0 aromatic heterocycles. The highest BCUT2D eigenvalue weighted by molar-refractivity contribution is 5.91. The van der Waals surface area contributed by atoms with Crippen molar-refractivity contribution in [2.45, 2.75) is 76.0 Å². The third kappa shape index (κ3) is 1.69. The van der Waals surface area contributed by atoms with Crippen LogP contribution in [0.2, 0.25) is 0 Å². The van der Waals surface area contributed by atoms with E-state index in [-0.39, 0.29) is 29.4 Å². The molecular weight excluding hydrogens is 244 g/mol. The second kappa shape index (κ2) is 3.41. The highest BCUT2D eigenvalue weighted by Gasteiger charge is 2.60. The van der Waals surface area contributed by atoms with Crippen LogP contribution < -0.4 is 0 Å². The zero-order valence-corrected chi connectivity index (χ0v) is 11.7. The minimum Gasteiger partial charge on any atom is -0.454 e. The van der Waals surface area contributed by atoms with Crippen LogP contribution in [0.25, 0.3) is 0 Å². The summed E-state index contributed by atoms with van der Waals surface area (Å²) in [6.45, 7) is 6.17. The fourth-order valence-corrected chi connectivity index (χ4v) is 3.70. The van der Waals surface area contributed by atoms with Crippen molar-refractivity contribution in [1.29, 1.82) is 0 Å². The van der Waals surface area contributed by atoms with Crippen LogP contribution in [0.5, 0.6) is 0 Å². The number of ether oxygens (including phenoxy) is 3. The number of esters is 1. The van der Waals surface area contributed by atoms with Crippen LogP contribution >= 0.6 is 0 Å². The molecule has 0 unspecified atom stereocenters. The second-order valence-electron chi connectivity index (χ2n) is 6.83. The molecule has 4 rings (SSSR count). The minimum atomic E-state index is -0.164. The third-order valence-electron chi connectivity index (χ3n) is 5.40. The maximum absolute atomic E-state index is 11.8. The van der Waals surface area contributed by atoms with E-state index in [2.05, 4.69) is 13.8 Å². The molecule has 2 saturated heterocycles. The van der Waals surface area contributed by atoms with E-state index in [1.165, 1.54) is 0 Å². The Morgan fingerprint density at radius 3 is 2.68 bits per heavy atom. The predicted molar refractivity (Wildman–Crippen MR) is 67.6 cm³/mol. The Morgan fingerprint density at radius 1 is 1.16 bits per heavy atom. The summed E-state index contributed by atoms with van der Waals surface area (Å²) in [4.78, 5) is 11.8. The van der Waals surface area contributed by atoms with Gasteiger partial charge in [0.25, 0.3) is 0 Å². The molecule has 4 aliphatic rings. The largest absolute Gasteiger partial charge is 0.454 e. The van der Waals surface area contributed by atoms with Crippen molar-refractivity contribution < 1.29 is 19.0 Å². The molecule has 3 heterocycles. The standard InChI is InChI=1S/C15H20O4/c1-8-9-6-12-14(2,19-12)5-4-11-15(3,18-11)7-10(9)17-13(8)16/h10-12H,4-7H2,1-3H3/t10-,11+,12-,14-,15+/m0/s1. The fraction of sp³-hybridized carbons (Fsp3) is 0.800. The summed E-state index contributed by atoms with van der Waals surface area (Å²) in [7, 11) is 0. The first-order valence-electron chi connectivity index (χ1n) is 7.18. The van der Waals surface area contributed by atoms with Crippen LogP contribution in [0.3, 0.4) is 0 Å². The van der Waals surface area contributed by atoms with Gasteiger partial charge in [0, 0.05) is 18.4 Å². The molecular formula is C15H20O4. The zero-order chi connectivity index (χ0) is 13.4. The molecule has 3 aliphatic heterocycles. The quantitative estimate of drug-likeness (QED) is 0.497. The highest BCUT2D eigenvalue weighted by atomic mass is 16.6. The van der Waals surface area contributed by atoms with Gasteiger partial charge in [0.15, 0.2) is 0 Å². The Kier molecular flexibility index (Phi) is 2.14. The molecule has 0 radical (unpaired) electrons. The van der Waals surface area contributed by atoms with Gasteiger partial charge in [-0.15, -0.1) is 0 Å². The van der Waals surface area contributed by atoms with Gasteiger partial charge in [-0.1, -0.05) is 0 Å². The van der Waals surface area contributed by atoms with Gasteiger partial charge in [-0.2, -0.15) is 0 Å². The smallest absolute Gasteiger partial charge is 0.334 e. The van der Waals surface area contributed by atoms with E-state index in [4.69, 9.17) is 14.2 Å². The summed E-state index contributed by atoms with van der Waals surface area (Å²) in [6, 6.07) is 0. The molecule has 0 amide bonds. The molecule has 1 aliphatic carbocycles. The SMILES string of the molecule is CC1=C2C[C@@H]3O[C@@]3(C)CC[C@H]3O[C@]3(C)C[C@@H]2OC1=O. The molecule has 0 aromatic rings. The zero-order valence-electron chi connectivity index (χ0n) is 11.7. The Labute approximate surface area is 113 Å². The number of rotatable bonds is 0. The first-order valence-corrected chi connectivity index (χ1v) is 7.18. The second-order valence-corrected chi connectivity index (χ2v) is 6.83. The lowest BCUT2D eigenvalue weighted by Gasteiger charge is -2.18. The fourth-order valence-electron chi connectivity index (χ4n) is 3.70. The third-order valence-corrected chi connectivity index (χ3v) is 5.40. The van der Waals surface area contributed by atoms with Gasteiger partial charge in [-0.3, -0.25) is 0 Å². The van der Waals surface area contributed by atoms with Crippen LogP contribution in [0.15, 0.2) is 11.1 Å². The molecule has 3 fully saturated rings. The summed E-state index contributed by atoms with van der Waals surface area (Å²) < 4.78 is 17.3. The number of fused-ring (bicyclic) bond motifs is 3. The lowest BCUT2D eigenvalue weighted by molar-refractivity contribution is -0.140. The van der Waals surface area contributed by atoms with E-state index in [0.29, 0.717) is 6.10 Å². The first kappa shape index (κ1) is 11.9. The van der Waals surface area contributed by atoms with Crippen molar-refractivity contribution >= 4 is 5.97 Å². The van der Waals surface area contributed by atoms with Gasteiger partial charge < -0.3 is 14.2 Å². The monoisotopic (exact) mass is 264 g/mol. The van der Waals surface area contributed by atoms with Crippen molar-refractivity contribution in [3.63, 3.8) is 0 Å². The van der Waals surface area contributed by atoms with E-state index < -0.39 is 0 Å². The Hall–Kier alpha value is -0.870. The predicted octanol–water partition coefficient (Wildman–Crippen LogP) is 2.12. The number of carbonyl (C=O) groups excluding carboxylic acids is 1. The van der Waals surface area contributed by atoms with Crippen molar-refractivity contribution in [2.24, 2.45) is 0 Å². The van der Waals surface area contributed by atoms with Gasteiger partial charge >= 0.3 is 5.97 Å². The molecule has 0 aromatic carbocycles. The summed E-state index contributed by atoms with van der Waals surface area (Å²) in [5.41, 5.74) is 1.78. The normalized spacial score (nSPS) is 51.9. The van der Waals surface area contributed by atoms with Gasteiger partial charge in [-0.25, -0.2) is 4.79 Å². The number of carbonyl (C=O) groups is 1. The van der Waals surface area contributed by atoms with E-state index >= 15 is 0 Å². The topological polar surface area (TPSA) is 51.4 Å². The summed E-state index contributed by atoms with van der Waals surface area (Å²) in [5.74, 6) is -0.164. The molecule has 0 spiro atoms. The van der Waals surface area contributed by atoms with Crippen molar-refractivity contribution in [1.82, 2.24) is 0 Å². The van der Waals surface area contributed by atoms with Crippen LogP contribution in [0, 0.1) is 0 Å². The summed E-state index contributed by atoms with van der Waals surface area (Å²) in [6.07, 6.45) is 4.16. The molecule has 0 N–H and O–H groups in total. The molecule has 4 nitrogen and oxygen atoms in total. The highest BCUT2D eigenvalue weighted by Crippen LogP contribution is 2.53. The lowest BCUT2D eigenvalue weighted by atomic mass is 9.85. The number of hydrogen-bond acceptors (Lipinski definition) is 4. The summed E-state index contributed by atoms with van der Waals surface area (Å²) >= 11 is 0. The van der Waals surface area contributed by atoms with Gasteiger partial charge in [0.1, 0.15) is 6.10 Å². The number of epoxide rings is 2. The van der Waals surface area contributed by atoms with Crippen LogP contribution in [-0.4, -0.2) is 35.5 Å². The maximum atomic E-state index is 11.8. The summed E-state index contributed by atoms with van der Waals surface area (Å²) in [5, 5.41) is 0. The van der Waals surface area contributed by atoms with E-state index in [1.54, 1.807) is 0 Å². The van der Waals surface area contributed by atoms with Gasteiger partial charge in [0.2, 0.25) is 0 Å². The van der Waals surface area contributed by atoms with Crippen LogP contribution in [0.4, 0.5) is 0 Å². The first-order chi connectivity index (χ1) is 8.91. The van der Waals surface area contributed by atoms with Crippen LogP contribution in [0.1, 0.15) is 46.5 Å². The molecule has 5 atom stereocenters. The van der Waals surface area contributed by atoms with E-state index in [1.807, 2.05) is 6.92 Å². The maximum Gasteiger partial charge on any atom is 0.334 e. The Bertz CT molecular complexity index is 496. The van der Waals surface area contributed by atoms with Crippen molar-refractivity contribution in [2.75, 3.05) is 0 Å². The number of hydrogen-bond donors (Lipinski definition) is 0. The van der Waals surface area contributed by atoms with Gasteiger partial charge in [0.05, 0.1) is 23.4 Å². The van der Waals surface area contributed by atoms with Crippen molar-refractivity contribution in [3.8, 4) is 0 Å².